The molecule has 0 saturated heterocycles. The zero-order valence-electron chi connectivity index (χ0n) is 17.3. The van der Waals surface area contributed by atoms with E-state index in [4.69, 9.17) is 5.73 Å². The number of hydrogen-bond donors (Lipinski definition) is 4. The highest BCUT2D eigenvalue weighted by molar-refractivity contribution is 7.13. The van der Waals surface area contributed by atoms with Gasteiger partial charge in [0.05, 0.1) is 17.4 Å². The van der Waals surface area contributed by atoms with Crippen LogP contribution in [-0.4, -0.2) is 47.4 Å². The van der Waals surface area contributed by atoms with Crippen LogP contribution < -0.4 is 21.7 Å². The second-order valence-corrected chi connectivity index (χ2v) is 7.99. The van der Waals surface area contributed by atoms with Gasteiger partial charge in [-0.15, -0.1) is 11.3 Å². The zero-order valence-corrected chi connectivity index (χ0v) is 18.1. The van der Waals surface area contributed by atoms with Crippen LogP contribution in [0.3, 0.4) is 0 Å². The third-order valence-electron chi connectivity index (χ3n) is 4.45. The van der Waals surface area contributed by atoms with Crippen molar-refractivity contribution in [3.05, 3.63) is 65.4 Å². The van der Waals surface area contributed by atoms with Gasteiger partial charge in [0.25, 0.3) is 5.91 Å². The summed E-state index contributed by atoms with van der Waals surface area (Å²) in [5.74, 6) is -0.358. The highest BCUT2D eigenvalue weighted by Gasteiger charge is 2.17. The Morgan fingerprint density at radius 3 is 2.58 bits per heavy atom. The lowest BCUT2D eigenvalue weighted by Gasteiger charge is -2.21. The van der Waals surface area contributed by atoms with Gasteiger partial charge in [-0.05, 0) is 50.8 Å². The molecule has 0 aliphatic carbocycles. The Morgan fingerprint density at radius 2 is 1.94 bits per heavy atom. The van der Waals surface area contributed by atoms with Crippen molar-refractivity contribution in [2.24, 2.45) is 0 Å². The van der Waals surface area contributed by atoms with Gasteiger partial charge in [0.15, 0.2) is 5.13 Å². The van der Waals surface area contributed by atoms with Crippen molar-refractivity contribution >= 4 is 39.8 Å². The Hall–Kier alpha value is -3.50. The van der Waals surface area contributed by atoms with Gasteiger partial charge in [-0.2, -0.15) is 0 Å². The molecule has 1 unspecified atom stereocenters. The first kappa shape index (κ1) is 22.2. The van der Waals surface area contributed by atoms with E-state index >= 15 is 0 Å². The van der Waals surface area contributed by atoms with Gasteiger partial charge < -0.3 is 21.3 Å². The van der Waals surface area contributed by atoms with Crippen LogP contribution in [0.15, 0.2) is 54.2 Å². The summed E-state index contributed by atoms with van der Waals surface area (Å²) in [6, 6.07) is 9.82. The van der Waals surface area contributed by atoms with E-state index in [1.54, 1.807) is 54.2 Å². The molecule has 5 N–H and O–H groups in total. The first-order chi connectivity index (χ1) is 14.9. The van der Waals surface area contributed by atoms with Gasteiger partial charge in [0.2, 0.25) is 0 Å². The monoisotopic (exact) mass is 439 g/mol. The van der Waals surface area contributed by atoms with Crippen molar-refractivity contribution < 1.29 is 9.59 Å². The number of nitrogens with one attached hydrogen (secondary N) is 3. The molecular formula is C21H25N7O2S. The summed E-state index contributed by atoms with van der Waals surface area (Å²) in [5.41, 5.74) is 7.94. The summed E-state index contributed by atoms with van der Waals surface area (Å²) < 4.78 is 0. The molecule has 9 nitrogen and oxygen atoms in total. The van der Waals surface area contributed by atoms with Crippen LogP contribution in [-0.2, 0) is 0 Å². The maximum Gasteiger partial charge on any atom is 0.321 e. The predicted octanol–water partition coefficient (Wildman–Crippen LogP) is 3.19. The van der Waals surface area contributed by atoms with Crippen molar-refractivity contribution in [3.63, 3.8) is 0 Å². The molecule has 1 aromatic carbocycles. The number of rotatable bonds is 8. The van der Waals surface area contributed by atoms with Gasteiger partial charge in [-0.3, -0.25) is 15.1 Å². The second-order valence-electron chi connectivity index (χ2n) is 7.10. The summed E-state index contributed by atoms with van der Waals surface area (Å²) in [6.07, 6.45) is 3.90. The number of anilines is 3. The minimum absolute atomic E-state index is 0.255. The van der Waals surface area contributed by atoms with Crippen molar-refractivity contribution in [2.45, 2.75) is 12.5 Å². The smallest absolute Gasteiger partial charge is 0.321 e. The highest BCUT2D eigenvalue weighted by atomic mass is 32.1. The van der Waals surface area contributed by atoms with Crippen molar-refractivity contribution in [1.29, 1.82) is 0 Å². The first-order valence-corrected chi connectivity index (χ1v) is 10.5. The molecule has 0 fully saturated rings. The number of carbonyl (C=O) groups is 2. The molecule has 1 atom stereocenters. The van der Waals surface area contributed by atoms with E-state index in [2.05, 4.69) is 25.9 Å². The topological polar surface area (TPSA) is 125 Å². The Balaban J connectivity index is 1.69. The molecular weight excluding hydrogens is 414 g/mol. The largest absolute Gasteiger partial charge is 0.397 e. The molecule has 3 amide bonds. The number of benzene rings is 1. The molecule has 0 radical (unpaired) electrons. The van der Waals surface area contributed by atoms with E-state index in [-0.39, 0.29) is 23.7 Å². The molecule has 0 spiro atoms. The number of hydrogen-bond acceptors (Lipinski definition) is 7. The van der Waals surface area contributed by atoms with E-state index in [0.29, 0.717) is 22.9 Å². The second kappa shape index (κ2) is 10.5. The summed E-state index contributed by atoms with van der Waals surface area (Å²) in [4.78, 5) is 35.3. The summed E-state index contributed by atoms with van der Waals surface area (Å²) >= 11 is 1.34. The maximum atomic E-state index is 12.5. The van der Waals surface area contributed by atoms with E-state index in [0.717, 1.165) is 12.1 Å². The fourth-order valence-electron chi connectivity index (χ4n) is 2.83. The Morgan fingerprint density at radius 1 is 1.13 bits per heavy atom. The molecule has 2 heterocycles. The molecule has 162 valence electrons. The van der Waals surface area contributed by atoms with Crippen LogP contribution in [0.2, 0.25) is 0 Å². The summed E-state index contributed by atoms with van der Waals surface area (Å²) in [5, 5.41) is 10.7. The lowest BCUT2D eigenvalue weighted by atomic mass is 10.1. The van der Waals surface area contributed by atoms with E-state index in [1.165, 1.54) is 11.3 Å². The number of nitrogen functional groups attached to an aromatic ring is 1. The van der Waals surface area contributed by atoms with Crippen LogP contribution in [0.25, 0.3) is 0 Å². The molecule has 0 bridgehead atoms. The average Bonchev–Trinajstić information content (AvgIpc) is 3.25. The fraction of sp³-hybridized carbons (Fsp3) is 0.238. The Labute approximate surface area is 184 Å². The average molecular weight is 440 g/mol. The van der Waals surface area contributed by atoms with Crippen molar-refractivity contribution in [1.82, 2.24) is 20.2 Å². The normalized spacial score (nSPS) is 11.7. The minimum atomic E-state index is -0.358. The van der Waals surface area contributed by atoms with E-state index in [1.807, 2.05) is 19.0 Å². The Bertz CT molecular complexity index is 1010. The number of pyridine rings is 1. The third kappa shape index (κ3) is 6.49. The number of nitrogens with zero attached hydrogens (tertiary/aromatic N) is 3. The van der Waals surface area contributed by atoms with Gasteiger partial charge in [-0.25, -0.2) is 9.78 Å². The number of nitrogens with two attached hydrogens (primary N) is 1. The van der Waals surface area contributed by atoms with Crippen molar-refractivity contribution in [2.75, 3.05) is 37.0 Å². The van der Waals surface area contributed by atoms with Crippen LogP contribution in [0.1, 0.15) is 28.5 Å². The first-order valence-electron chi connectivity index (χ1n) is 9.66. The third-order valence-corrected chi connectivity index (χ3v) is 5.14. The van der Waals surface area contributed by atoms with Gasteiger partial charge in [0, 0.05) is 17.8 Å². The Kier molecular flexibility index (Phi) is 7.52. The molecule has 10 heteroatoms. The lowest BCUT2D eigenvalue weighted by molar-refractivity contribution is 0.102. The number of para-hydroxylation sites is 2. The van der Waals surface area contributed by atoms with Crippen LogP contribution in [0.4, 0.5) is 21.3 Å². The highest BCUT2D eigenvalue weighted by Crippen LogP contribution is 2.20. The zero-order chi connectivity index (χ0) is 22.2. The van der Waals surface area contributed by atoms with Crippen molar-refractivity contribution in [3.8, 4) is 0 Å². The number of carbonyl (C=O) groups excluding carboxylic acids is 2. The minimum Gasteiger partial charge on any atom is -0.397 e. The summed E-state index contributed by atoms with van der Waals surface area (Å²) in [6.45, 7) is 0.762. The number of thiazole rings is 1. The standard InChI is InChI=1S/C21H25N7O2S/c1-28(2)11-9-16(26-20(30)27-21-23-10-12-31-21)14-7-8-18(24-13-14)19(29)25-17-6-4-3-5-15(17)22/h3-8,10,12-13,16H,9,11,22H2,1-2H3,(H,25,29)(H2,23,26,27,30). The number of urea groups is 1. The molecule has 3 aromatic rings. The molecule has 0 aliphatic rings. The molecule has 0 saturated carbocycles. The maximum absolute atomic E-state index is 12.5. The fourth-order valence-corrected chi connectivity index (χ4v) is 3.35. The van der Waals surface area contributed by atoms with Gasteiger partial charge in [0.1, 0.15) is 5.69 Å². The lowest BCUT2D eigenvalue weighted by Crippen LogP contribution is -2.34. The van der Waals surface area contributed by atoms with E-state index < -0.39 is 0 Å². The van der Waals surface area contributed by atoms with Crippen LogP contribution in [0, 0.1) is 0 Å². The van der Waals surface area contributed by atoms with Crippen LogP contribution >= 0.6 is 11.3 Å². The number of aromatic nitrogens is 2. The molecule has 31 heavy (non-hydrogen) atoms. The van der Waals surface area contributed by atoms with Gasteiger partial charge >= 0.3 is 6.03 Å². The van der Waals surface area contributed by atoms with E-state index in [9.17, 15) is 9.59 Å². The molecule has 3 rings (SSSR count). The number of amides is 3. The quantitative estimate of drug-likeness (QED) is 0.400. The molecule has 2 aromatic heterocycles. The SMILES string of the molecule is CN(C)CCC(NC(=O)Nc1nccs1)c1ccc(C(=O)Nc2ccccc2N)nc1. The summed E-state index contributed by atoms with van der Waals surface area (Å²) in [7, 11) is 3.93. The predicted molar refractivity (Wildman–Crippen MR) is 123 cm³/mol. The van der Waals surface area contributed by atoms with Crippen LogP contribution in [0.5, 0.6) is 0 Å². The molecule has 0 aliphatic heterocycles. The van der Waals surface area contributed by atoms with Gasteiger partial charge in [-0.1, -0.05) is 18.2 Å².